The van der Waals surface area contributed by atoms with Crippen molar-refractivity contribution in [2.75, 3.05) is 0 Å². The van der Waals surface area contributed by atoms with Gasteiger partial charge in [-0.3, -0.25) is 4.79 Å². The molecule has 0 aliphatic heterocycles. The molecule has 0 saturated carbocycles. The topological polar surface area (TPSA) is 68.0 Å². The predicted octanol–water partition coefficient (Wildman–Crippen LogP) is 5.00. The molecule has 1 aromatic heterocycles. The maximum Gasteiger partial charge on any atom is 0.277 e. The molecule has 1 N–H and O–H groups in total. The number of aromatic nitrogens is 2. The quantitative estimate of drug-likeness (QED) is 0.536. The highest BCUT2D eigenvalue weighted by atomic mass is 79.9. The highest BCUT2D eigenvalue weighted by Crippen LogP contribution is 2.27. The number of halogens is 2. The Morgan fingerprint density at radius 3 is 2.63 bits per heavy atom. The van der Waals surface area contributed by atoms with Crippen molar-refractivity contribution >= 4 is 33.6 Å². The lowest BCUT2D eigenvalue weighted by atomic mass is 10.1. The zero-order chi connectivity index (χ0) is 19.4. The SMILES string of the molecule is CC(Sc1nnc(-c2cccc(Br)c2)o1)C(=O)NC(C)c1ccc(F)cc1. The van der Waals surface area contributed by atoms with E-state index in [9.17, 15) is 9.18 Å². The fraction of sp³-hybridized carbons (Fsp3) is 0.211. The van der Waals surface area contributed by atoms with Gasteiger partial charge in [0.25, 0.3) is 5.22 Å². The molecule has 0 saturated heterocycles. The Labute approximate surface area is 168 Å². The summed E-state index contributed by atoms with van der Waals surface area (Å²) in [6.07, 6.45) is 0. The standard InChI is InChI=1S/C19H17BrFN3O2S/c1-11(13-6-8-16(21)9-7-13)22-17(25)12(2)27-19-24-23-18(26-19)14-4-3-5-15(20)10-14/h3-12H,1-2H3,(H,22,25). The van der Waals surface area contributed by atoms with E-state index in [1.54, 1.807) is 19.1 Å². The number of hydrogen-bond acceptors (Lipinski definition) is 5. The number of nitrogens with one attached hydrogen (secondary N) is 1. The summed E-state index contributed by atoms with van der Waals surface area (Å²) in [5, 5.41) is 10.8. The lowest BCUT2D eigenvalue weighted by molar-refractivity contribution is -0.120. The summed E-state index contributed by atoms with van der Waals surface area (Å²) in [4.78, 5) is 12.4. The summed E-state index contributed by atoms with van der Waals surface area (Å²) in [7, 11) is 0. The monoisotopic (exact) mass is 449 g/mol. The van der Waals surface area contributed by atoms with Crippen LogP contribution in [0.2, 0.25) is 0 Å². The minimum Gasteiger partial charge on any atom is -0.411 e. The first-order chi connectivity index (χ1) is 12.9. The van der Waals surface area contributed by atoms with E-state index in [4.69, 9.17) is 4.42 Å². The molecule has 3 rings (SSSR count). The first-order valence-electron chi connectivity index (χ1n) is 8.24. The molecule has 5 nitrogen and oxygen atoms in total. The Balaban J connectivity index is 1.60. The maximum absolute atomic E-state index is 13.0. The molecule has 0 fully saturated rings. The predicted molar refractivity (Wildman–Crippen MR) is 106 cm³/mol. The highest BCUT2D eigenvalue weighted by molar-refractivity contribution is 9.10. The number of carbonyl (C=O) groups is 1. The molecule has 0 bridgehead atoms. The molecule has 0 radical (unpaired) electrons. The van der Waals surface area contributed by atoms with Crippen LogP contribution in [0.15, 0.2) is 62.6 Å². The summed E-state index contributed by atoms with van der Waals surface area (Å²) < 4.78 is 19.6. The highest BCUT2D eigenvalue weighted by Gasteiger charge is 2.20. The van der Waals surface area contributed by atoms with E-state index in [0.29, 0.717) is 11.1 Å². The molecule has 3 aromatic rings. The molecule has 2 unspecified atom stereocenters. The number of rotatable bonds is 6. The first kappa shape index (κ1) is 19.6. The van der Waals surface area contributed by atoms with Crippen LogP contribution in [0.1, 0.15) is 25.5 Å². The van der Waals surface area contributed by atoms with Crippen LogP contribution in [-0.2, 0) is 4.79 Å². The molecule has 2 aromatic carbocycles. The molecular formula is C19H17BrFN3O2S. The van der Waals surface area contributed by atoms with E-state index in [1.165, 1.54) is 23.9 Å². The second kappa shape index (κ2) is 8.67. The minimum atomic E-state index is -0.427. The molecule has 0 aliphatic carbocycles. The van der Waals surface area contributed by atoms with Gasteiger partial charge in [-0.15, -0.1) is 10.2 Å². The van der Waals surface area contributed by atoms with Gasteiger partial charge in [0.2, 0.25) is 11.8 Å². The van der Waals surface area contributed by atoms with Crippen molar-refractivity contribution in [3.8, 4) is 11.5 Å². The van der Waals surface area contributed by atoms with Crippen molar-refractivity contribution in [1.29, 1.82) is 0 Å². The second-order valence-electron chi connectivity index (χ2n) is 5.93. The average molecular weight is 450 g/mol. The summed E-state index contributed by atoms with van der Waals surface area (Å²) in [6.45, 7) is 3.61. The lowest BCUT2D eigenvalue weighted by Crippen LogP contribution is -2.33. The van der Waals surface area contributed by atoms with E-state index in [-0.39, 0.29) is 17.8 Å². The van der Waals surface area contributed by atoms with Crippen LogP contribution < -0.4 is 5.32 Å². The molecule has 1 heterocycles. The first-order valence-corrected chi connectivity index (χ1v) is 9.91. The van der Waals surface area contributed by atoms with Gasteiger partial charge in [-0.25, -0.2) is 4.39 Å². The van der Waals surface area contributed by atoms with E-state index in [2.05, 4.69) is 31.4 Å². The molecule has 0 aliphatic rings. The molecular weight excluding hydrogens is 433 g/mol. The number of benzene rings is 2. The second-order valence-corrected chi connectivity index (χ2v) is 8.13. The largest absolute Gasteiger partial charge is 0.411 e. The van der Waals surface area contributed by atoms with Crippen molar-refractivity contribution in [2.45, 2.75) is 30.4 Å². The van der Waals surface area contributed by atoms with Gasteiger partial charge in [-0.2, -0.15) is 0 Å². The third kappa shape index (κ3) is 5.17. The van der Waals surface area contributed by atoms with Crippen molar-refractivity contribution in [3.05, 3.63) is 64.4 Å². The number of hydrogen-bond donors (Lipinski definition) is 1. The van der Waals surface area contributed by atoms with Crippen LogP contribution in [0, 0.1) is 5.82 Å². The Hall–Kier alpha value is -2.19. The van der Waals surface area contributed by atoms with Gasteiger partial charge < -0.3 is 9.73 Å². The van der Waals surface area contributed by atoms with Gasteiger partial charge >= 0.3 is 0 Å². The maximum atomic E-state index is 13.0. The van der Waals surface area contributed by atoms with Crippen LogP contribution in [0.5, 0.6) is 0 Å². The Morgan fingerprint density at radius 2 is 1.93 bits per heavy atom. The summed E-state index contributed by atoms with van der Waals surface area (Å²) >= 11 is 4.59. The lowest BCUT2D eigenvalue weighted by Gasteiger charge is -2.16. The summed E-state index contributed by atoms with van der Waals surface area (Å²) in [5.41, 5.74) is 1.63. The van der Waals surface area contributed by atoms with Crippen molar-refractivity contribution < 1.29 is 13.6 Å². The van der Waals surface area contributed by atoms with E-state index in [1.807, 2.05) is 31.2 Å². The smallest absolute Gasteiger partial charge is 0.277 e. The molecule has 27 heavy (non-hydrogen) atoms. The number of carbonyl (C=O) groups excluding carboxylic acids is 1. The normalized spacial score (nSPS) is 13.2. The van der Waals surface area contributed by atoms with Gasteiger partial charge in [0.1, 0.15) is 5.82 Å². The van der Waals surface area contributed by atoms with Crippen LogP contribution in [-0.4, -0.2) is 21.4 Å². The molecule has 2 atom stereocenters. The van der Waals surface area contributed by atoms with Gasteiger partial charge in [0.05, 0.1) is 11.3 Å². The van der Waals surface area contributed by atoms with Gasteiger partial charge in [-0.1, -0.05) is 45.9 Å². The average Bonchev–Trinajstić information content (AvgIpc) is 3.10. The molecule has 1 amide bonds. The fourth-order valence-electron chi connectivity index (χ4n) is 2.37. The van der Waals surface area contributed by atoms with Gasteiger partial charge in [0, 0.05) is 10.0 Å². The van der Waals surface area contributed by atoms with E-state index < -0.39 is 5.25 Å². The van der Waals surface area contributed by atoms with Crippen molar-refractivity contribution in [1.82, 2.24) is 15.5 Å². The third-order valence-electron chi connectivity index (χ3n) is 3.85. The van der Waals surface area contributed by atoms with Crippen LogP contribution in [0.4, 0.5) is 4.39 Å². The third-order valence-corrected chi connectivity index (χ3v) is 5.28. The van der Waals surface area contributed by atoms with Crippen molar-refractivity contribution in [3.63, 3.8) is 0 Å². The Morgan fingerprint density at radius 1 is 1.19 bits per heavy atom. The van der Waals surface area contributed by atoms with Crippen molar-refractivity contribution in [2.24, 2.45) is 0 Å². The van der Waals surface area contributed by atoms with Crippen LogP contribution in [0.25, 0.3) is 11.5 Å². The summed E-state index contributed by atoms with van der Waals surface area (Å²) in [5.74, 6) is -0.0797. The number of amides is 1. The van der Waals surface area contributed by atoms with E-state index in [0.717, 1.165) is 15.6 Å². The summed E-state index contributed by atoms with van der Waals surface area (Å²) in [6, 6.07) is 13.3. The molecule has 8 heteroatoms. The van der Waals surface area contributed by atoms with Gasteiger partial charge in [-0.05, 0) is 49.7 Å². The fourth-order valence-corrected chi connectivity index (χ4v) is 3.46. The zero-order valence-corrected chi connectivity index (χ0v) is 17.1. The number of thioether (sulfide) groups is 1. The van der Waals surface area contributed by atoms with Gasteiger partial charge in [0.15, 0.2) is 0 Å². The van der Waals surface area contributed by atoms with Crippen LogP contribution in [0.3, 0.4) is 0 Å². The zero-order valence-electron chi connectivity index (χ0n) is 14.6. The number of nitrogens with zero attached hydrogens (tertiary/aromatic N) is 2. The minimum absolute atomic E-state index is 0.168. The van der Waals surface area contributed by atoms with E-state index >= 15 is 0 Å². The Kier molecular flexibility index (Phi) is 6.28. The molecule has 0 spiro atoms. The Bertz CT molecular complexity index is 933. The van der Waals surface area contributed by atoms with Crippen LogP contribution >= 0.6 is 27.7 Å². The molecule has 140 valence electrons.